The van der Waals surface area contributed by atoms with E-state index in [9.17, 15) is 9.59 Å². The Morgan fingerprint density at radius 2 is 2.13 bits per heavy atom. The Balaban J connectivity index is 1.54. The lowest BCUT2D eigenvalue weighted by Crippen LogP contribution is -2.29. The minimum absolute atomic E-state index is 0.139. The third-order valence-electron chi connectivity index (χ3n) is 4.69. The Morgan fingerprint density at radius 3 is 2.80 bits per heavy atom. The molecule has 1 N–H and O–H groups in total. The van der Waals surface area contributed by atoms with Crippen molar-refractivity contribution in [3.8, 4) is 0 Å². The fourth-order valence-electron chi connectivity index (χ4n) is 2.99. The number of fused-ring (bicyclic) bond motifs is 1. The van der Waals surface area contributed by atoms with Crippen molar-refractivity contribution in [2.75, 3.05) is 12.4 Å². The molecule has 0 saturated heterocycles. The molecule has 3 aromatic heterocycles. The van der Waals surface area contributed by atoms with E-state index in [0.717, 1.165) is 5.01 Å². The second kappa shape index (κ2) is 7.92. The second-order valence-electron chi connectivity index (χ2n) is 6.78. The number of amides is 2. The molecule has 0 spiro atoms. The molecule has 3 heterocycles. The van der Waals surface area contributed by atoms with Crippen LogP contribution in [0.3, 0.4) is 0 Å². The highest BCUT2D eigenvalue weighted by Crippen LogP contribution is 2.27. The molecule has 0 saturated carbocycles. The molecule has 8 nitrogen and oxygen atoms in total. The first-order chi connectivity index (χ1) is 14.3. The average molecular weight is 444 g/mol. The SMILES string of the molecule is CC(c1nccs1)N(C)C(=O)c1cc2cc(NC(=O)c3nn(C)cc3Cl)ccc2o1. The highest BCUT2D eigenvalue weighted by atomic mass is 35.5. The molecule has 10 heteroatoms. The van der Waals surface area contributed by atoms with Crippen LogP contribution < -0.4 is 5.32 Å². The summed E-state index contributed by atoms with van der Waals surface area (Å²) in [7, 11) is 3.40. The number of halogens is 1. The number of anilines is 1. The lowest BCUT2D eigenvalue weighted by molar-refractivity contribution is 0.0712. The summed E-state index contributed by atoms with van der Waals surface area (Å²) >= 11 is 7.52. The first kappa shape index (κ1) is 20.1. The standard InChI is InChI=1S/C20H18ClN5O3S/c1-11(19-22-6-7-30-19)26(3)20(28)16-9-12-8-13(4-5-15(12)29-16)23-18(27)17-14(21)10-25(2)24-17/h4-11H,1-3H3,(H,23,27). The first-order valence-corrected chi connectivity index (χ1v) is 10.3. The molecular formula is C20H18ClN5O3S. The number of thiazole rings is 1. The van der Waals surface area contributed by atoms with Gasteiger partial charge in [0, 0.05) is 42.9 Å². The fraction of sp³-hybridized carbons (Fsp3) is 0.200. The van der Waals surface area contributed by atoms with Crippen LogP contribution >= 0.6 is 22.9 Å². The van der Waals surface area contributed by atoms with E-state index in [4.69, 9.17) is 16.0 Å². The van der Waals surface area contributed by atoms with Crippen molar-refractivity contribution >= 4 is 51.4 Å². The van der Waals surface area contributed by atoms with Crippen LogP contribution in [0.4, 0.5) is 5.69 Å². The lowest BCUT2D eigenvalue weighted by atomic mass is 10.2. The number of hydrogen-bond acceptors (Lipinski definition) is 6. The van der Waals surface area contributed by atoms with E-state index in [0.29, 0.717) is 16.7 Å². The maximum Gasteiger partial charge on any atom is 0.289 e. The van der Waals surface area contributed by atoms with E-state index in [1.807, 2.05) is 12.3 Å². The van der Waals surface area contributed by atoms with Gasteiger partial charge in [-0.25, -0.2) is 4.98 Å². The van der Waals surface area contributed by atoms with Crippen molar-refractivity contribution < 1.29 is 14.0 Å². The highest BCUT2D eigenvalue weighted by Gasteiger charge is 2.24. The summed E-state index contributed by atoms with van der Waals surface area (Å²) < 4.78 is 7.20. The van der Waals surface area contributed by atoms with Crippen molar-refractivity contribution in [1.82, 2.24) is 19.7 Å². The van der Waals surface area contributed by atoms with Crippen LogP contribution in [-0.2, 0) is 7.05 Å². The molecule has 0 bridgehead atoms. The average Bonchev–Trinajstić information content (AvgIpc) is 3.45. The molecule has 0 aliphatic rings. The Hall–Kier alpha value is -3.17. The van der Waals surface area contributed by atoms with Gasteiger partial charge in [-0.05, 0) is 31.2 Å². The number of benzene rings is 1. The van der Waals surface area contributed by atoms with E-state index in [1.165, 1.54) is 16.0 Å². The monoisotopic (exact) mass is 443 g/mol. The van der Waals surface area contributed by atoms with Crippen molar-refractivity contribution in [3.63, 3.8) is 0 Å². The minimum Gasteiger partial charge on any atom is -0.451 e. The van der Waals surface area contributed by atoms with Gasteiger partial charge in [-0.2, -0.15) is 5.10 Å². The molecule has 30 heavy (non-hydrogen) atoms. The van der Waals surface area contributed by atoms with Gasteiger partial charge in [0.15, 0.2) is 11.5 Å². The topological polar surface area (TPSA) is 93.3 Å². The molecule has 1 aromatic carbocycles. The summed E-state index contributed by atoms with van der Waals surface area (Å²) in [6, 6.07) is 6.60. The Morgan fingerprint density at radius 1 is 1.33 bits per heavy atom. The molecular weight excluding hydrogens is 426 g/mol. The van der Waals surface area contributed by atoms with Gasteiger partial charge in [-0.3, -0.25) is 14.3 Å². The van der Waals surface area contributed by atoms with E-state index in [-0.39, 0.29) is 28.4 Å². The van der Waals surface area contributed by atoms with Crippen LogP contribution in [0.2, 0.25) is 5.02 Å². The first-order valence-electron chi connectivity index (χ1n) is 9.04. The molecule has 154 valence electrons. The van der Waals surface area contributed by atoms with Crippen LogP contribution in [0.25, 0.3) is 11.0 Å². The van der Waals surface area contributed by atoms with Gasteiger partial charge >= 0.3 is 0 Å². The molecule has 0 radical (unpaired) electrons. The zero-order chi connectivity index (χ0) is 21.4. The Bertz CT molecular complexity index is 1230. The van der Waals surface area contributed by atoms with E-state index < -0.39 is 5.91 Å². The second-order valence-corrected chi connectivity index (χ2v) is 8.11. The number of furan rings is 1. The number of aromatic nitrogens is 3. The van der Waals surface area contributed by atoms with Gasteiger partial charge in [0.05, 0.1) is 11.1 Å². The zero-order valence-corrected chi connectivity index (χ0v) is 18.0. The van der Waals surface area contributed by atoms with Crippen molar-refractivity contribution in [2.24, 2.45) is 7.05 Å². The normalized spacial score (nSPS) is 12.1. The van der Waals surface area contributed by atoms with Crippen LogP contribution in [-0.4, -0.2) is 38.5 Å². The fourth-order valence-corrected chi connectivity index (χ4v) is 3.99. The van der Waals surface area contributed by atoms with Crippen LogP contribution in [0, 0.1) is 0 Å². The van der Waals surface area contributed by atoms with Gasteiger partial charge in [-0.1, -0.05) is 11.6 Å². The Labute approximate surface area is 181 Å². The zero-order valence-electron chi connectivity index (χ0n) is 16.4. The number of aryl methyl sites for hydroxylation is 1. The molecule has 0 aliphatic heterocycles. The van der Waals surface area contributed by atoms with Crippen LogP contribution in [0.15, 0.2) is 46.5 Å². The third-order valence-corrected chi connectivity index (χ3v) is 5.92. The van der Waals surface area contributed by atoms with Crippen molar-refractivity contribution in [1.29, 1.82) is 0 Å². The van der Waals surface area contributed by atoms with Gasteiger partial charge in [0.25, 0.3) is 11.8 Å². The predicted octanol–water partition coefficient (Wildman–Crippen LogP) is 4.36. The Kier molecular flexibility index (Phi) is 5.31. The lowest BCUT2D eigenvalue weighted by Gasteiger charge is -2.21. The summed E-state index contributed by atoms with van der Waals surface area (Å²) in [5, 5.41) is 10.5. The summed E-state index contributed by atoms with van der Waals surface area (Å²) in [6.45, 7) is 1.91. The largest absolute Gasteiger partial charge is 0.451 e. The molecule has 0 aliphatic carbocycles. The molecule has 1 atom stereocenters. The smallest absolute Gasteiger partial charge is 0.289 e. The number of nitrogens with zero attached hydrogens (tertiary/aromatic N) is 4. The molecule has 4 rings (SSSR count). The summed E-state index contributed by atoms with van der Waals surface area (Å²) in [5.74, 6) is -0.455. The number of hydrogen-bond donors (Lipinski definition) is 1. The maximum absolute atomic E-state index is 12.9. The van der Waals surface area contributed by atoms with E-state index in [1.54, 1.807) is 55.7 Å². The van der Waals surface area contributed by atoms with E-state index in [2.05, 4.69) is 15.4 Å². The van der Waals surface area contributed by atoms with E-state index >= 15 is 0 Å². The number of rotatable bonds is 5. The summed E-state index contributed by atoms with van der Waals surface area (Å²) in [6.07, 6.45) is 3.26. The number of nitrogens with one attached hydrogen (secondary N) is 1. The van der Waals surface area contributed by atoms with Gasteiger partial charge < -0.3 is 14.6 Å². The molecule has 2 amide bonds. The summed E-state index contributed by atoms with van der Waals surface area (Å²) in [5.41, 5.74) is 1.22. The van der Waals surface area contributed by atoms with Crippen LogP contribution in [0.5, 0.6) is 0 Å². The minimum atomic E-state index is -0.420. The van der Waals surface area contributed by atoms with Crippen molar-refractivity contribution in [2.45, 2.75) is 13.0 Å². The summed E-state index contributed by atoms with van der Waals surface area (Å²) in [4.78, 5) is 31.1. The predicted molar refractivity (Wildman–Crippen MR) is 115 cm³/mol. The maximum atomic E-state index is 12.9. The highest BCUT2D eigenvalue weighted by molar-refractivity contribution is 7.09. The van der Waals surface area contributed by atoms with Gasteiger partial charge in [-0.15, -0.1) is 11.3 Å². The van der Waals surface area contributed by atoms with Gasteiger partial charge in [0.1, 0.15) is 10.6 Å². The number of carbonyl (C=O) groups excluding carboxylic acids is 2. The van der Waals surface area contributed by atoms with Gasteiger partial charge in [0.2, 0.25) is 0 Å². The van der Waals surface area contributed by atoms with Crippen molar-refractivity contribution in [3.05, 3.63) is 63.5 Å². The van der Waals surface area contributed by atoms with Crippen LogP contribution in [0.1, 0.15) is 39.0 Å². The quantitative estimate of drug-likeness (QED) is 0.494. The third kappa shape index (κ3) is 3.81. The molecule has 0 fully saturated rings. The molecule has 1 unspecified atom stereocenters. The molecule has 4 aromatic rings. The number of carbonyl (C=O) groups is 2.